The molecule has 0 aliphatic rings. The zero-order chi connectivity index (χ0) is 17.7. The maximum absolute atomic E-state index is 13.1. The average Bonchev–Trinajstić information content (AvgIpc) is 2.53. The van der Waals surface area contributed by atoms with E-state index in [0.29, 0.717) is 5.56 Å². The fraction of sp³-hybridized carbons (Fsp3) is 0.316. The van der Waals surface area contributed by atoms with Crippen molar-refractivity contribution < 1.29 is 18.4 Å². The van der Waals surface area contributed by atoms with Crippen LogP contribution in [0.2, 0.25) is 0 Å². The Labute approximate surface area is 143 Å². The summed E-state index contributed by atoms with van der Waals surface area (Å²) in [5.74, 6) is 0. The molecule has 0 radical (unpaired) electrons. The molecule has 2 rings (SSSR count). The van der Waals surface area contributed by atoms with Crippen LogP contribution in [0.5, 0.6) is 0 Å². The van der Waals surface area contributed by atoms with E-state index >= 15 is 0 Å². The largest absolute Gasteiger partial charge is 0.401 e. The highest BCUT2D eigenvalue weighted by atomic mass is 31.2. The van der Waals surface area contributed by atoms with Gasteiger partial charge in [-0.3, -0.25) is 13.9 Å². The predicted octanol–water partition coefficient (Wildman–Crippen LogP) is 5.20. The third kappa shape index (κ3) is 4.21. The number of hydrogen-bond donors (Lipinski definition) is 0. The quantitative estimate of drug-likeness (QED) is 0.647. The molecule has 1 atom stereocenters. The van der Waals surface area contributed by atoms with Gasteiger partial charge < -0.3 is 4.52 Å². The van der Waals surface area contributed by atoms with E-state index in [2.05, 4.69) is 0 Å². The van der Waals surface area contributed by atoms with Crippen molar-refractivity contribution in [1.29, 1.82) is 0 Å². The monoisotopic (exact) mass is 346 g/mol. The van der Waals surface area contributed by atoms with E-state index in [1.165, 1.54) is 0 Å². The molecule has 0 heterocycles. The lowest BCUT2D eigenvalue weighted by Crippen LogP contribution is -2.11. The van der Waals surface area contributed by atoms with Crippen LogP contribution in [0, 0.1) is 20.8 Å². The van der Waals surface area contributed by atoms with Gasteiger partial charge in [0.15, 0.2) is 0 Å². The SMILES string of the molecule is CCOP(=O)(OCc1ccccc1)C(=O)c1c(C)cc(C)cc1C. The molecule has 0 fully saturated rings. The van der Waals surface area contributed by atoms with Crippen molar-refractivity contribution in [2.45, 2.75) is 34.3 Å². The summed E-state index contributed by atoms with van der Waals surface area (Å²) in [5.41, 5.74) is 3.29. The van der Waals surface area contributed by atoms with Crippen molar-refractivity contribution in [2.24, 2.45) is 0 Å². The molecule has 0 spiro atoms. The Hall–Kier alpha value is -1.74. The third-order valence-corrected chi connectivity index (χ3v) is 5.47. The van der Waals surface area contributed by atoms with E-state index in [-0.39, 0.29) is 13.2 Å². The molecule has 2 aromatic rings. The van der Waals surface area contributed by atoms with Crippen molar-refractivity contribution in [1.82, 2.24) is 0 Å². The Morgan fingerprint density at radius 3 is 2.12 bits per heavy atom. The molecule has 2 aromatic carbocycles. The second-order valence-corrected chi connectivity index (χ2v) is 7.67. The fourth-order valence-corrected chi connectivity index (χ4v) is 4.31. The molecule has 0 saturated carbocycles. The van der Waals surface area contributed by atoms with Gasteiger partial charge in [-0.2, -0.15) is 0 Å². The number of hydrogen-bond acceptors (Lipinski definition) is 4. The van der Waals surface area contributed by atoms with Crippen LogP contribution < -0.4 is 0 Å². The minimum absolute atomic E-state index is 0.0633. The Morgan fingerprint density at radius 1 is 1.00 bits per heavy atom. The molecule has 24 heavy (non-hydrogen) atoms. The lowest BCUT2D eigenvalue weighted by atomic mass is 10.0. The number of carbonyl (C=O) groups excluding carboxylic acids is 1. The smallest absolute Gasteiger partial charge is 0.303 e. The molecule has 128 valence electrons. The van der Waals surface area contributed by atoms with Crippen LogP contribution in [0.15, 0.2) is 42.5 Å². The maximum Gasteiger partial charge on any atom is 0.401 e. The second-order valence-electron chi connectivity index (χ2n) is 5.75. The summed E-state index contributed by atoms with van der Waals surface area (Å²) in [6.45, 7) is 7.53. The minimum Gasteiger partial charge on any atom is -0.303 e. The summed E-state index contributed by atoms with van der Waals surface area (Å²) in [5, 5.41) is 0. The highest BCUT2D eigenvalue weighted by Crippen LogP contribution is 2.52. The zero-order valence-corrected chi connectivity index (χ0v) is 15.4. The minimum atomic E-state index is -3.91. The van der Waals surface area contributed by atoms with Crippen molar-refractivity contribution in [3.8, 4) is 0 Å². The lowest BCUT2D eigenvalue weighted by Gasteiger charge is -2.19. The molecule has 0 aliphatic carbocycles. The van der Waals surface area contributed by atoms with Gasteiger partial charge in [0.05, 0.1) is 13.2 Å². The van der Waals surface area contributed by atoms with Crippen LogP contribution in [-0.2, 0) is 20.2 Å². The first-order chi connectivity index (χ1) is 11.4. The molecule has 4 nitrogen and oxygen atoms in total. The number of benzene rings is 2. The predicted molar refractivity (Wildman–Crippen MR) is 95.4 cm³/mol. The van der Waals surface area contributed by atoms with Gasteiger partial charge in [-0.25, -0.2) is 0 Å². The molecule has 0 amide bonds. The highest BCUT2D eigenvalue weighted by molar-refractivity contribution is 7.72. The summed E-state index contributed by atoms with van der Waals surface area (Å²) < 4.78 is 23.9. The van der Waals surface area contributed by atoms with Gasteiger partial charge in [0.25, 0.3) is 5.52 Å². The number of aryl methyl sites for hydroxylation is 3. The van der Waals surface area contributed by atoms with Crippen LogP contribution in [0.25, 0.3) is 0 Å². The Balaban J connectivity index is 2.32. The van der Waals surface area contributed by atoms with Gasteiger partial charge >= 0.3 is 7.60 Å². The van der Waals surface area contributed by atoms with Gasteiger partial charge in [0.1, 0.15) is 0 Å². The molecular formula is C19H23O4P. The van der Waals surface area contributed by atoms with Crippen LogP contribution in [-0.4, -0.2) is 12.1 Å². The summed E-state index contributed by atoms with van der Waals surface area (Å²) in [6, 6.07) is 13.1. The van der Waals surface area contributed by atoms with Crippen LogP contribution in [0.4, 0.5) is 0 Å². The second kappa shape index (κ2) is 7.89. The van der Waals surface area contributed by atoms with Gasteiger partial charge in [0.2, 0.25) is 0 Å². The highest BCUT2D eigenvalue weighted by Gasteiger charge is 2.37. The Kier molecular flexibility index (Phi) is 6.11. The molecular weight excluding hydrogens is 323 g/mol. The molecule has 0 aliphatic heterocycles. The number of rotatable bonds is 7. The normalized spacial score (nSPS) is 13.5. The van der Waals surface area contributed by atoms with E-state index in [4.69, 9.17) is 9.05 Å². The molecule has 0 bridgehead atoms. The summed E-state index contributed by atoms with van der Waals surface area (Å²) >= 11 is 0. The van der Waals surface area contributed by atoms with Crippen molar-refractivity contribution in [3.63, 3.8) is 0 Å². The van der Waals surface area contributed by atoms with Crippen LogP contribution in [0.1, 0.15) is 39.5 Å². The first-order valence-electron chi connectivity index (χ1n) is 7.93. The fourth-order valence-electron chi connectivity index (χ4n) is 2.71. The average molecular weight is 346 g/mol. The first-order valence-corrected chi connectivity index (χ1v) is 9.47. The summed E-state index contributed by atoms with van der Waals surface area (Å²) in [7, 11) is -3.91. The van der Waals surface area contributed by atoms with Gasteiger partial charge in [-0.1, -0.05) is 48.0 Å². The van der Waals surface area contributed by atoms with Crippen molar-refractivity contribution in [3.05, 3.63) is 70.3 Å². The maximum atomic E-state index is 13.1. The zero-order valence-electron chi connectivity index (χ0n) is 14.5. The summed E-state index contributed by atoms with van der Waals surface area (Å²) in [4.78, 5) is 12.9. The molecule has 0 saturated heterocycles. The van der Waals surface area contributed by atoms with Gasteiger partial charge in [-0.15, -0.1) is 0 Å². The van der Waals surface area contributed by atoms with E-state index in [0.717, 1.165) is 22.3 Å². The topological polar surface area (TPSA) is 52.6 Å². The third-order valence-electron chi connectivity index (χ3n) is 3.68. The Bertz CT molecular complexity index is 745. The van der Waals surface area contributed by atoms with E-state index in [9.17, 15) is 9.36 Å². The molecule has 0 N–H and O–H groups in total. The van der Waals surface area contributed by atoms with Gasteiger partial charge in [-0.05, 0) is 44.4 Å². The summed E-state index contributed by atoms with van der Waals surface area (Å²) in [6.07, 6.45) is 0. The van der Waals surface area contributed by atoms with Crippen LogP contribution in [0.3, 0.4) is 0 Å². The lowest BCUT2D eigenvalue weighted by molar-refractivity contribution is 0.0991. The van der Waals surface area contributed by atoms with Crippen molar-refractivity contribution >= 4 is 13.1 Å². The molecule has 0 aromatic heterocycles. The molecule has 5 heteroatoms. The van der Waals surface area contributed by atoms with E-state index in [1.54, 1.807) is 6.92 Å². The molecule has 1 unspecified atom stereocenters. The van der Waals surface area contributed by atoms with Gasteiger partial charge in [0, 0.05) is 5.56 Å². The Morgan fingerprint density at radius 2 is 1.58 bits per heavy atom. The van der Waals surface area contributed by atoms with Crippen LogP contribution >= 0.6 is 7.60 Å². The first kappa shape index (κ1) is 18.6. The van der Waals surface area contributed by atoms with E-state index < -0.39 is 13.1 Å². The standard InChI is InChI=1S/C19H23O4P/c1-5-22-24(21,23-13-17-9-7-6-8-10-17)19(20)18-15(3)11-14(2)12-16(18)4/h6-12H,5,13H2,1-4H3. The van der Waals surface area contributed by atoms with E-state index in [1.807, 2.05) is 63.2 Å². The van der Waals surface area contributed by atoms with Crippen molar-refractivity contribution in [2.75, 3.05) is 6.61 Å². The number of carbonyl (C=O) groups is 1.